The van der Waals surface area contributed by atoms with Gasteiger partial charge >= 0.3 is 0 Å². The highest BCUT2D eigenvalue weighted by Crippen LogP contribution is 2.30. The van der Waals surface area contributed by atoms with E-state index in [9.17, 15) is 13.5 Å². The predicted octanol–water partition coefficient (Wildman–Crippen LogP) is -0.992. The molecule has 3 aliphatic rings. The minimum atomic E-state index is -3.04. The van der Waals surface area contributed by atoms with Crippen molar-refractivity contribution in [3.05, 3.63) is 0 Å². The Morgan fingerprint density at radius 2 is 1.75 bits per heavy atom. The largest absolute Gasteiger partial charge is 0.390 e. The molecule has 0 spiro atoms. The van der Waals surface area contributed by atoms with Crippen LogP contribution in [0.15, 0.2) is 0 Å². The van der Waals surface area contributed by atoms with Gasteiger partial charge in [0.05, 0.1) is 35.9 Å². The number of sulfone groups is 1. The fourth-order valence-corrected chi connectivity index (χ4v) is 4.91. The number of hydrogen-bond acceptors (Lipinski definition) is 5. The van der Waals surface area contributed by atoms with Crippen molar-refractivity contribution in [3.63, 3.8) is 0 Å². The van der Waals surface area contributed by atoms with Crippen molar-refractivity contribution in [1.29, 1.82) is 0 Å². The number of likely N-dealkylation sites (tertiary alicyclic amines) is 1. The fourth-order valence-electron chi connectivity index (χ4n) is 3.08. The van der Waals surface area contributed by atoms with E-state index in [-0.39, 0.29) is 29.8 Å². The Kier molecular flexibility index (Phi) is 2.51. The first-order valence-electron chi connectivity index (χ1n) is 5.81. The summed E-state index contributed by atoms with van der Waals surface area (Å²) in [5.41, 5.74) is 0. The molecule has 1 N–H and O–H groups in total. The van der Waals surface area contributed by atoms with Gasteiger partial charge in [-0.3, -0.25) is 4.90 Å². The summed E-state index contributed by atoms with van der Waals surface area (Å²) in [7, 11) is -3.04. The highest BCUT2D eigenvalue weighted by atomic mass is 32.2. The van der Waals surface area contributed by atoms with Crippen LogP contribution in [-0.2, 0) is 14.6 Å². The molecule has 3 saturated heterocycles. The van der Waals surface area contributed by atoms with E-state index in [0.717, 1.165) is 25.9 Å². The molecule has 0 amide bonds. The van der Waals surface area contributed by atoms with E-state index >= 15 is 0 Å². The standard InChI is InChI=1S/C10H17NO4S/c12-10-6-16(13,14)5-9(10)11-3-7-1-2-8(4-11)15-7/h7-10,12H,1-6H2. The molecule has 2 bridgehead atoms. The monoisotopic (exact) mass is 247 g/mol. The molecular formula is C10H17NO4S. The molecule has 4 unspecified atom stereocenters. The van der Waals surface area contributed by atoms with Gasteiger partial charge in [-0.15, -0.1) is 0 Å². The van der Waals surface area contributed by atoms with Crippen LogP contribution in [0.1, 0.15) is 12.8 Å². The molecule has 5 nitrogen and oxygen atoms in total. The van der Waals surface area contributed by atoms with Crippen LogP contribution >= 0.6 is 0 Å². The summed E-state index contributed by atoms with van der Waals surface area (Å²) in [6.45, 7) is 1.54. The average molecular weight is 247 g/mol. The van der Waals surface area contributed by atoms with Crippen molar-refractivity contribution in [3.8, 4) is 0 Å². The maximum atomic E-state index is 11.5. The van der Waals surface area contributed by atoms with Gasteiger partial charge in [-0.05, 0) is 12.8 Å². The normalized spacial score (nSPS) is 47.3. The maximum absolute atomic E-state index is 11.5. The van der Waals surface area contributed by atoms with Crippen molar-refractivity contribution in [2.24, 2.45) is 0 Å². The summed E-state index contributed by atoms with van der Waals surface area (Å²) in [6.07, 6.45) is 1.90. The highest BCUT2D eigenvalue weighted by molar-refractivity contribution is 7.91. The van der Waals surface area contributed by atoms with E-state index in [1.54, 1.807) is 0 Å². The second-order valence-electron chi connectivity index (χ2n) is 5.12. The molecule has 0 saturated carbocycles. The molecular weight excluding hydrogens is 230 g/mol. The Hall–Kier alpha value is -0.170. The van der Waals surface area contributed by atoms with Crippen molar-refractivity contribution >= 4 is 9.84 Å². The van der Waals surface area contributed by atoms with Crippen molar-refractivity contribution in [1.82, 2.24) is 4.90 Å². The molecule has 0 aromatic rings. The first kappa shape index (κ1) is 11.0. The molecule has 3 aliphatic heterocycles. The lowest BCUT2D eigenvalue weighted by atomic mass is 10.1. The fraction of sp³-hybridized carbons (Fsp3) is 1.00. The summed E-state index contributed by atoms with van der Waals surface area (Å²) < 4.78 is 28.6. The molecule has 3 heterocycles. The van der Waals surface area contributed by atoms with Crippen LogP contribution in [0.5, 0.6) is 0 Å². The molecule has 3 fully saturated rings. The lowest BCUT2D eigenvalue weighted by Crippen LogP contribution is -2.52. The van der Waals surface area contributed by atoms with Crippen LogP contribution in [0.25, 0.3) is 0 Å². The third-order valence-corrected chi connectivity index (χ3v) is 5.53. The molecule has 0 radical (unpaired) electrons. The topological polar surface area (TPSA) is 66.8 Å². The minimum absolute atomic E-state index is 0.0790. The third kappa shape index (κ3) is 1.88. The van der Waals surface area contributed by atoms with Gasteiger partial charge in [-0.2, -0.15) is 0 Å². The van der Waals surface area contributed by atoms with Gasteiger partial charge in [0.25, 0.3) is 0 Å². The SMILES string of the molecule is O=S1(=O)CC(O)C(N2CC3CCC(C2)O3)C1. The number of ether oxygens (including phenoxy) is 1. The van der Waals surface area contributed by atoms with Crippen molar-refractivity contribution in [2.45, 2.75) is 37.2 Å². The maximum Gasteiger partial charge on any atom is 0.154 e. The second kappa shape index (κ2) is 3.66. The van der Waals surface area contributed by atoms with E-state index < -0.39 is 15.9 Å². The zero-order chi connectivity index (χ0) is 11.3. The molecule has 6 heteroatoms. The number of morpholine rings is 1. The van der Waals surface area contributed by atoms with Crippen molar-refractivity contribution in [2.75, 3.05) is 24.6 Å². The molecule has 4 atom stereocenters. The molecule has 3 rings (SSSR count). The number of fused-ring (bicyclic) bond motifs is 2. The zero-order valence-corrected chi connectivity index (χ0v) is 9.90. The van der Waals surface area contributed by atoms with Crippen molar-refractivity contribution < 1.29 is 18.3 Å². The van der Waals surface area contributed by atoms with Crippen LogP contribution in [0.3, 0.4) is 0 Å². The lowest BCUT2D eigenvalue weighted by Gasteiger charge is -2.36. The minimum Gasteiger partial charge on any atom is -0.390 e. The Morgan fingerprint density at radius 3 is 2.25 bits per heavy atom. The first-order chi connectivity index (χ1) is 7.53. The van der Waals surface area contributed by atoms with Crippen LogP contribution in [0.4, 0.5) is 0 Å². The number of hydrogen-bond donors (Lipinski definition) is 1. The van der Waals surface area contributed by atoms with Gasteiger partial charge in [-0.1, -0.05) is 0 Å². The van der Waals surface area contributed by atoms with Crippen LogP contribution in [-0.4, -0.2) is 67.4 Å². The summed E-state index contributed by atoms with van der Waals surface area (Å²) in [5.74, 6) is 0.0258. The zero-order valence-electron chi connectivity index (χ0n) is 9.08. The Morgan fingerprint density at radius 1 is 1.12 bits per heavy atom. The quantitative estimate of drug-likeness (QED) is 0.644. The van der Waals surface area contributed by atoms with E-state index in [1.165, 1.54) is 0 Å². The van der Waals surface area contributed by atoms with Gasteiger partial charge in [-0.25, -0.2) is 8.42 Å². The molecule has 16 heavy (non-hydrogen) atoms. The van der Waals surface area contributed by atoms with E-state index in [0.29, 0.717) is 0 Å². The first-order valence-corrected chi connectivity index (χ1v) is 7.64. The molecule has 92 valence electrons. The summed E-state index contributed by atoms with van der Waals surface area (Å²) in [4.78, 5) is 2.11. The average Bonchev–Trinajstić information content (AvgIpc) is 2.66. The summed E-state index contributed by atoms with van der Waals surface area (Å²) in [6, 6.07) is -0.211. The Balaban J connectivity index is 1.74. The van der Waals surface area contributed by atoms with Gasteiger partial charge in [0.2, 0.25) is 0 Å². The predicted molar refractivity (Wildman–Crippen MR) is 57.9 cm³/mol. The summed E-state index contributed by atoms with van der Waals surface area (Å²) >= 11 is 0. The van der Waals surface area contributed by atoms with Crippen LogP contribution < -0.4 is 0 Å². The van der Waals surface area contributed by atoms with E-state index in [1.807, 2.05) is 0 Å². The van der Waals surface area contributed by atoms with Gasteiger partial charge in [0.1, 0.15) is 0 Å². The van der Waals surface area contributed by atoms with Crippen LogP contribution in [0.2, 0.25) is 0 Å². The number of aliphatic hydroxyl groups is 1. The lowest BCUT2D eigenvalue weighted by molar-refractivity contribution is -0.0635. The smallest absolute Gasteiger partial charge is 0.154 e. The van der Waals surface area contributed by atoms with Gasteiger partial charge < -0.3 is 9.84 Å². The van der Waals surface area contributed by atoms with Gasteiger partial charge in [0.15, 0.2) is 9.84 Å². The highest BCUT2D eigenvalue weighted by Gasteiger charge is 2.44. The Bertz CT molecular complexity index is 370. The van der Waals surface area contributed by atoms with Gasteiger partial charge in [0, 0.05) is 13.1 Å². The number of rotatable bonds is 1. The summed E-state index contributed by atoms with van der Waals surface area (Å²) in [5, 5.41) is 9.81. The number of nitrogens with zero attached hydrogens (tertiary/aromatic N) is 1. The molecule has 0 aliphatic carbocycles. The molecule has 0 aromatic heterocycles. The van der Waals surface area contributed by atoms with E-state index in [4.69, 9.17) is 4.74 Å². The Labute approximate surface area is 95.3 Å². The van der Waals surface area contributed by atoms with E-state index in [2.05, 4.69) is 4.90 Å². The number of aliphatic hydroxyl groups excluding tert-OH is 1. The molecule has 0 aromatic carbocycles. The van der Waals surface area contributed by atoms with Crippen LogP contribution in [0, 0.1) is 0 Å². The second-order valence-corrected chi connectivity index (χ2v) is 7.28. The third-order valence-electron chi connectivity index (χ3n) is 3.83.